The van der Waals surface area contributed by atoms with Crippen LogP contribution < -0.4 is 5.32 Å². The number of imidazole rings is 1. The first-order chi connectivity index (χ1) is 8.88. The highest BCUT2D eigenvalue weighted by atomic mass is 16.5. The maximum Gasteiger partial charge on any atom is 0.0955 e. The van der Waals surface area contributed by atoms with Gasteiger partial charge in [0, 0.05) is 25.4 Å². The standard InChI is InChI=1S/C14H23N3O/c1-18-9-12(8-15-11-6-7-11)17-10-16-13-4-2-3-5-14(13)17/h10-12,15H,2-9H2,1H3. The Hall–Kier alpha value is -0.870. The number of ether oxygens (including phenoxy) is 1. The van der Waals surface area contributed by atoms with E-state index in [2.05, 4.69) is 14.9 Å². The Morgan fingerprint density at radius 3 is 3.06 bits per heavy atom. The maximum absolute atomic E-state index is 5.38. The van der Waals surface area contributed by atoms with Crippen LogP contribution in [0.4, 0.5) is 0 Å². The summed E-state index contributed by atoms with van der Waals surface area (Å²) in [7, 11) is 1.79. The van der Waals surface area contributed by atoms with Crippen molar-refractivity contribution in [1.82, 2.24) is 14.9 Å². The molecule has 1 saturated carbocycles. The molecule has 0 bridgehead atoms. The highest BCUT2D eigenvalue weighted by Crippen LogP contribution is 2.24. The van der Waals surface area contributed by atoms with E-state index in [0.29, 0.717) is 6.04 Å². The van der Waals surface area contributed by atoms with E-state index in [4.69, 9.17) is 4.74 Å². The van der Waals surface area contributed by atoms with Crippen LogP contribution >= 0.6 is 0 Å². The summed E-state index contributed by atoms with van der Waals surface area (Å²) in [5.41, 5.74) is 2.76. The average Bonchev–Trinajstić information content (AvgIpc) is 3.13. The van der Waals surface area contributed by atoms with Gasteiger partial charge in [-0.05, 0) is 38.5 Å². The van der Waals surface area contributed by atoms with Crippen molar-refractivity contribution in [3.63, 3.8) is 0 Å². The van der Waals surface area contributed by atoms with E-state index < -0.39 is 0 Å². The predicted octanol–water partition coefficient (Wildman–Crippen LogP) is 1.70. The van der Waals surface area contributed by atoms with Crippen molar-refractivity contribution in [1.29, 1.82) is 0 Å². The van der Waals surface area contributed by atoms with Gasteiger partial charge < -0.3 is 14.6 Å². The van der Waals surface area contributed by atoms with E-state index in [9.17, 15) is 0 Å². The summed E-state index contributed by atoms with van der Waals surface area (Å²) in [6.45, 7) is 1.77. The molecule has 0 amide bonds. The Labute approximate surface area is 109 Å². The zero-order chi connectivity index (χ0) is 12.4. The van der Waals surface area contributed by atoms with Gasteiger partial charge in [0.15, 0.2) is 0 Å². The molecule has 0 radical (unpaired) electrons. The molecule has 1 unspecified atom stereocenters. The minimum atomic E-state index is 0.393. The van der Waals surface area contributed by atoms with Crippen molar-refractivity contribution in [3.8, 4) is 0 Å². The number of methoxy groups -OCH3 is 1. The fraction of sp³-hybridized carbons (Fsp3) is 0.786. The van der Waals surface area contributed by atoms with Crippen molar-refractivity contribution in [3.05, 3.63) is 17.7 Å². The van der Waals surface area contributed by atoms with Crippen LogP contribution in [0.15, 0.2) is 6.33 Å². The molecule has 4 nitrogen and oxygen atoms in total. The third kappa shape index (κ3) is 2.59. The van der Waals surface area contributed by atoms with Gasteiger partial charge in [0.2, 0.25) is 0 Å². The summed E-state index contributed by atoms with van der Waals surface area (Å²) in [6.07, 6.45) is 9.61. The van der Waals surface area contributed by atoms with Crippen LogP contribution in [0.1, 0.15) is 43.1 Å². The van der Waals surface area contributed by atoms with Gasteiger partial charge in [-0.1, -0.05) is 0 Å². The molecule has 0 aliphatic heterocycles. The number of aromatic nitrogens is 2. The van der Waals surface area contributed by atoms with E-state index in [1.807, 2.05) is 6.33 Å². The van der Waals surface area contributed by atoms with Gasteiger partial charge in [0.05, 0.1) is 24.7 Å². The summed E-state index contributed by atoms with van der Waals surface area (Å²) >= 11 is 0. The van der Waals surface area contributed by atoms with Crippen molar-refractivity contribution < 1.29 is 4.74 Å². The molecule has 1 heterocycles. The fourth-order valence-corrected chi connectivity index (χ4v) is 2.83. The molecule has 1 fully saturated rings. The molecule has 4 heteroatoms. The molecule has 1 atom stereocenters. The molecular formula is C14H23N3O. The van der Waals surface area contributed by atoms with Crippen molar-refractivity contribution >= 4 is 0 Å². The fourth-order valence-electron chi connectivity index (χ4n) is 2.83. The molecule has 1 aromatic heterocycles. The second-order valence-corrected chi connectivity index (χ2v) is 5.54. The first-order valence-electron chi connectivity index (χ1n) is 7.15. The number of nitrogens with zero attached hydrogens (tertiary/aromatic N) is 2. The van der Waals surface area contributed by atoms with Gasteiger partial charge in [0.25, 0.3) is 0 Å². The third-order valence-electron chi connectivity index (χ3n) is 4.03. The Balaban J connectivity index is 1.73. The SMILES string of the molecule is COCC(CNC1CC1)n1cnc2c1CCCC2. The van der Waals surface area contributed by atoms with Crippen LogP contribution in [0.3, 0.4) is 0 Å². The first kappa shape index (κ1) is 12.2. The van der Waals surface area contributed by atoms with E-state index in [1.165, 1.54) is 43.5 Å². The van der Waals surface area contributed by atoms with Gasteiger partial charge in [-0.3, -0.25) is 0 Å². The Bertz CT molecular complexity index is 398. The second-order valence-electron chi connectivity index (χ2n) is 5.54. The lowest BCUT2D eigenvalue weighted by Gasteiger charge is -2.22. The van der Waals surface area contributed by atoms with E-state index in [1.54, 1.807) is 7.11 Å². The van der Waals surface area contributed by atoms with Gasteiger partial charge in [-0.25, -0.2) is 4.98 Å². The topological polar surface area (TPSA) is 39.1 Å². The first-order valence-corrected chi connectivity index (χ1v) is 7.15. The summed E-state index contributed by atoms with van der Waals surface area (Å²) in [5.74, 6) is 0. The van der Waals surface area contributed by atoms with Crippen LogP contribution in [-0.2, 0) is 17.6 Å². The predicted molar refractivity (Wildman–Crippen MR) is 70.8 cm³/mol. The monoisotopic (exact) mass is 249 g/mol. The number of fused-ring (bicyclic) bond motifs is 1. The molecule has 18 heavy (non-hydrogen) atoms. The van der Waals surface area contributed by atoms with Gasteiger partial charge in [-0.15, -0.1) is 0 Å². The number of hydrogen-bond donors (Lipinski definition) is 1. The van der Waals surface area contributed by atoms with Gasteiger partial charge in [-0.2, -0.15) is 0 Å². The number of nitrogens with one attached hydrogen (secondary N) is 1. The molecular weight excluding hydrogens is 226 g/mol. The summed E-state index contributed by atoms with van der Waals surface area (Å²) in [4.78, 5) is 4.58. The van der Waals surface area contributed by atoms with E-state index >= 15 is 0 Å². The lowest BCUT2D eigenvalue weighted by Crippen LogP contribution is -2.30. The lowest BCUT2D eigenvalue weighted by molar-refractivity contribution is 0.152. The Kier molecular flexibility index (Phi) is 3.66. The summed E-state index contributed by atoms with van der Waals surface area (Å²) in [6, 6.07) is 1.15. The molecule has 0 aromatic carbocycles. The van der Waals surface area contributed by atoms with E-state index in [0.717, 1.165) is 25.6 Å². The summed E-state index contributed by atoms with van der Waals surface area (Å²) < 4.78 is 7.74. The van der Waals surface area contributed by atoms with Crippen LogP contribution in [0.2, 0.25) is 0 Å². The van der Waals surface area contributed by atoms with Crippen LogP contribution in [0, 0.1) is 0 Å². The quantitative estimate of drug-likeness (QED) is 0.834. The zero-order valence-electron chi connectivity index (χ0n) is 11.2. The molecule has 2 aliphatic rings. The largest absolute Gasteiger partial charge is 0.382 e. The van der Waals surface area contributed by atoms with Crippen LogP contribution in [-0.4, -0.2) is 35.9 Å². The molecule has 100 valence electrons. The smallest absolute Gasteiger partial charge is 0.0955 e. The molecule has 2 aliphatic carbocycles. The minimum absolute atomic E-state index is 0.393. The Morgan fingerprint density at radius 1 is 1.44 bits per heavy atom. The normalized spacial score (nSPS) is 20.7. The third-order valence-corrected chi connectivity index (χ3v) is 4.03. The Morgan fingerprint density at radius 2 is 2.28 bits per heavy atom. The molecule has 0 spiro atoms. The average molecular weight is 249 g/mol. The zero-order valence-corrected chi connectivity index (χ0v) is 11.2. The summed E-state index contributed by atoms with van der Waals surface area (Å²) in [5, 5.41) is 3.61. The lowest BCUT2D eigenvalue weighted by atomic mass is 10.0. The highest BCUT2D eigenvalue weighted by molar-refractivity contribution is 5.17. The van der Waals surface area contributed by atoms with Crippen LogP contribution in [0.25, 0.3) is 0 Å². The van der Waals surface area contributed by atoms with E-state index in [-0.39, 0.29) is 0 Å². The molecule has 3 rings (SSSR count). The molecule has 1 aromatic rings. The number of hydrogen-bond acceptors (Lipinski definition) is 3. The highest BCUT2D eigenvalue weighted by Gasteiger charge is 2.24. The molecule has 0 saturated heterocycles. The van der Waals surface area contributed by atoms with Gasteiger partial charge in [0.1, 0.15) is 0 Å². The number of aryl methyl sites for hydroxylation is 1. The molecule has 1 N–H and O–H groups in total. The number of rotatable bonds is 6. The van der Waals surface area contributed by atoms with Crippen LogP contribution in [0.5, 0.6) is 0 Å². The maximum atomic E-state index is 5.38. The van der Waals surface area contributed by atoms with Crippen molar-refractivity contribution in [2.75, 3.05) is 20.3 Å². The minimum Gasteiger partial charge on any atom is -0.382 e. The van der Waals surface area contributed by atoms with Gasteiger partial charge >= 0.3 is 0 Å². The van der Waals surface area contributed by atoms with Crippen molar-refractivity contribution in [2.45, 2.75) is 50.6 Å². The van der Waals surface area contributed by atoms with Crippen molar-refractivity contribution in [2.24, 2.45) is 0 Å². The second kappa shape index (κ2) is 5.41.